The molecule has 0 aliphatic rings. The predicted octanol–water partition coefficient (Wildman–Crippen LogP) is 2.89. The summed E-state index contributed by atoms with van der Waals surface area (Å²) in [6.07, 6.45) is 2.89. The van der Waals surface area contributed by atoms with Crippen molar-refractivity contribution in [3.8, 4) is 0 Å². The standard InChI is InChI=1S/C21H23N3O2/c1-16-7-2-4-9-18(16)21(26)23-15-20(25)22-12-6-13-24-14-11-17-8-3-5-10-19(17)24/h2-5,7-11,14H,6,12-13,15H2,1H3,(H,22,25)(H,23,26). The van der Waals surface area contributed by atoms with E-state index in [4.69, 9.17) is 0 Å². The second-order valence-corrected chi connectivity index (χ2v) is 6.27. The number of amides is 2. The van der Waals surface area contributed by atoms with Gasteiger partial charge in [0, 0.05) is 30.4 Å². The fourth-order valence-electron chi connectivity index (χ4n) is 2.96. The molecule has 134 valence electrons. The average molecular weight is 349 g/mol. The van der Waals surface area contributed by atoms with E-state index in [0.717, 1.165) is 18.5 Å². The summed E-state index contributed by atoms with van der Waals surface area (Å²) in [5.74, 6) is -0.402. The van der Waals surface area contributed by atoms with E-state index in [1.165, 1.54) is 10.9 Å². The third kappa shape index (κ3) is 4.30. The van der Waals surface area contributed by atoms with Crippen LogP contribution in [0, 0.1) is 6.92 Å². The normalized spacial score (nSPS) is 10.7. The molecular weight excluding hydrogens is 326 g/mol. The molecule has 0 fully saturated rings. The van der Waals surface area contributed by atoms with Crippen LogP contribution in [-0.4, -0.2) is 29.5 Å². The van der Waals surface area contributed by atoms with Crippen LogP contribution in [0.3, 0.4) is 0 Å². The quantitative estimate of drug-likeness (QED) is 0.644. The second-order valence-electron chi connectivity index (χ2n) is 6.27. The third-order valence-corrected chi connectivity index (χ3v) is 4.38. The first-order valence-electron chi connectivity index (χ1n) is 8.79. The number of benzene rings is 2. The fourth-order valence-corrected chi connectivity index (χ4v) is 2.96. The van der Waals surface area contributed by atoms with Gasteiger partial charge in [0.05, 0.1) is 6.54 Å². The van der Waals surface area contributed by atoms with Crippen LogP contribution in [0.5, 0.6) is 0 Å². The molecule has 5 heteroatoms. The number of aryl methyl sites for hydroxylation is 2. The highest BCUT2D eigenvalue weighted by Crippen LogP contribution is 2.15. The van der Waals surface area contributed by atoms with Crippen LogP contribution >= 0.6 is 0 Å². The van der Waals surface area contributed by atoms with Crippen LogP contribution in [-0.2, 0) is 11.3 Å². The zero-order valence-corrected chi connectivity index (χ0v) is 14.9. The summed E-state index contributed by atoms with van der Waals surface area (Å²) in [5.41, 5.74) is 2.69. The van der Waals surface area contributed by atoms with Gasteiger partial charge in [0.25, 0.3) is 5.91 Å². The summed E-state index contributed by atoms with van der Waals surface area (Å²) in [6.45, 7) is 3.27. The molecule has 0 radical (unpaired) electrons. The Kier molecular flexibility index (Phi) is 5.69. The van der Waals surface area contributed by atoms with E-state index in [2.05, 4.69) is 39.6 Å². The van der Waals surface area contributed by atoms with Gasteiger partial charge in [0.15, 0.2) is 0 Å². The van der Waals surface area contributed by atoms with Crippen molar-refractivity contribution in [1.82, 2.24) is 15.2 Å². The van der Waals surface area contributed by atoms with Crippen molar-refractivity contribution < 1.29 is 9.59 Å². The Hall–Kier alpha value is -3.08. The van der Waals surface area contributed by atoms with Crippen molar-refractivity contribution in [3.05, 3.63) is 71.9 Å². The van der Waals surface area contributed by atoms with Crippen molar-refractivity contribution in [2.24, 2.45) is 0 Å². The molecule has 2 N–H and O–H groups in total. The Morgan fingerprint density at radius 1 is 0.962 bits per heavy atom. The van der Waals surface area contributed by atoms with Crippen LogP contribution in [0.15, 0.2) is 60.8 Å². The maximum absolute atomic E-state index is 12.1. The highest BCUT2D eigenvalue weighted by atomic mass is 16.2. The number of para-hydroxylation sites is 1. The van der Waals surface area contributed by atoms with Gasteiger partial charge in [-0.1, -0.05) is 36.4 Å². The lowest BCUT2D eigenvalue weighted by Gasteiger charge is -2.09. The maximum Gasteiger partial charge on any atom is 0.251 e. The molecule has 26 heavy (non-hydrogen) atoms. The first kappa shape index (κ1) is 17.7. The third-order valence-electron chi connectivity index (χ3n) is 4.38. The molecule has 0 saturated carbocycles. The molecule has 0 saturated heterocycles. The molecule has 3 aromatic rings. The van der Waals surface area contributed by atoms with E-state index in [-0.39, 0.29) is 18.4 Å². The molecule has 0 unspecified atom stereocenters. The summed E-state index contributed by atoms with van der Waals surface area (Å²) in [6, 6.07) is 17.6. The number of hydrogen-bond donors (Lipinski definition) is 2. The summed E-state index contributed by atoms with van der Waals surface area (Å²) in [4.78, 5) is 24.0. The topological polar surface area (TPSA) is 63.1 Å². The SMILES string of the molecule is Cc1ccccc1C(=O)NCC(=O)NCCCn1ccc2ccccc21. The van der Waals surface area contributed by atoms with Gasteiger partial charge >= 0.3 is 0 Å². The molecule has 3 rings (SSSR count). The Bertz CT molecular complexity index is 914. The molecule has 0 spiro atoms. The first-order valence-corrected chi connectivity index (χ1v) is 8.79. The van der Waals surface area contributed by atoms with E-state index < -0.39 is 0 Å². The molecule has 1 aromatic heterocycles. The smallest absolute Gasteiger partial charge is 0.251 e. The minimum absolute atomic E-state index is 0.0143. The summed E-state index contributed by atoms with van der Waals surface area (Å²) < 4.78 is 2.18. The van der Waals surface area contributed by atoms with E-state index in [0.29, 0.717) is 12.1 Å². The van der Waals surface area contributed by atoms with Gasteiger partial charge in [-0.2, -0.15) is 0 Å². The van der Waals surface area contributed by atoms with Crippen molar-refractivity contribution >= 4 is 22.7 Å². The summed E-state index contributed by atoms with van der Waals surface area (Å²) in [5, 5.41) is 6.73. The minimum atomic E-state index is -0.225. The molecule has 0 bridgehead atoms. The Morgan fingerprint density at radius 3 is 2.58 bits per heavy atom. The van der Waals surface area contributed by atoms with Gasteiger partial charge in [-0.15, -0.1) is 0 Å². The molecule has 2 aromatic carbocycles. The van der Waals surface area contributed by atoms with Crippen LogP contribution in [0.1, 0.15) is 22.3 Å². The van der Waals surface area contributed by atoms with Gasteiger partial charge in [-0.05, 0) is 42.5 Å². The van der Waals surface area contributed by atoms with E-state index in [1.807, 2.05) is 37.3 Å². The van der Waals surface area contributed by atoms with Gasteiger partial charge < -0.3 is 15.2 Å². The average Bonchev–Trinajstić information content (AvgIpc) is 3.07. The van der Waals surface area contributed by atoms with Crippen molar-refractivity contribution in [1.29, 1.82) is 0 Å². The lowest BCUT2D eigenvalue weighted by atomic mass is 10.1. The van der Waals surface area contributed by atoms with Gasteiger partial charge in [-0.3, -0.25) is 9.59 Å². The zero-order valence-electron chi connectivity index (χ0n) is 14.9. The number of carbonyl (C=O) groups is 2. The van der Waals surface area contributed by atoms with Crippen molar-refractivity contribution in [3.63, 3.8) is 0 Å². The highest BCUT2D eigenvalue weighted by Gasteiger charge is 2.09. The summed E-state index contributed by atoms with van der Waals surface area (Å²) in [7, 11) is 0. The molecular formula is C21H23N3O2. The van der Waals surface area contributed by atoms with Crippen molar-refractivity contribution in [2.45, 2.75) is 19.9 Å². The summed E-state index contributed by atoms with van der Waals surface area (Å²) >= 11 is 0. The number of aromatic nitrogens is 1. The minimum Gasteiger partial charge on any atom is -0.355 e. The molecule has 5 nitrogen and oxygen atoms in total. The Labute approximate surface area is 153 Å². The number of hydrogen-bond acceptors (Lipinski definition) is 2. The lowest BCUT2D eigenvalue weighted by Crippen LogP contribution is -2.37. The maximum atomic E-state index is 12.1. The van der Waals surface area contributed by atoms with E-state index >= 15 is 0 Å². The predicted molar refractivity (Wildman–Crippen MR) is 103 cm³/mol. The Morgan fingerprint density at radius 2 is 1.73 bits per heavy atom. The number of rotatable bonds is 7. The van der Waals surface area contributed by atoms with Crippen LogP contribution in [0.25, 0.3) is 10.9 Å². The second kappa shape index (κ2) is 8.34. The molecule has 0 atom stereocenters. The molecule has 2 amide bonds. The van der Waals surface area contributed by atoms with Gasteiger partial charge in [0.1, 0.15) is 0 Å². The van der Waals surface area contributed by atoms with E-state index in [1.54, 1.807) is 6.07 Å². The highest BCUT2D eigenvalue weighted by molar-refractivity contribution is 5.97. The van der Waals surface area contributed by atoms with Gasteiger partial charge in [0.2, 0.25) is 5.91 Å². The molecule has 0 aliphatic heterocycles. The lowest BCUT2D eigenvalue weighted by molar-refractivity contribution is -0.120. The molecule has 1 heterocycles. The zero-order chi connectivity index (χ0) is 18.4. The number of nitrogens with one attached hydrogen (secondary N) is 2. The van der Waals surface area contributed by atoms with Crippen LogP contribution in [0.4, 0.5) is 0 Å². The van der Waals surface area contributed by atoms with Gasteiger partial charge in [-0.25, -0.2) is 0 Å². The fraction of sp³-hybridized carbons (Fsp3) is 0.238. The Balaban J connectivity index is 1.39. The van der Waals surface area contributed by atoms with Crippen molar-refractivity contribution in [2.75, 3.05) is 13.1 Å². The largest absolute Gasteiger partial charge is 0.355 e. The van der Waals surface area contributed by atoms with Crippen LogP contribution < -0.4 is 10.6 Å². The molecule has 0 aliphatic carbocycles. The number of fused-ring (bicyclic) bond motifs is 1. The monoisotopic (exact) mass is 349 g/mol. The van der Waals surface area contributed by atoms with E-state index in [9.17, 15) is 9.59 Å². The number of carbonyl (C=O) groups excluding carboxylic acids is 2. The number of nitrogens with zero attached hydrogens (tertiary/aromatic N) is 1. The first-order chi connectivity index (χ1) is 12.6. The van der Waals surface area contributed by atoms with Crippen LogP contribution in [0.2, 0.25) is 0 Å².